The highest BCUT2D eigenvalue weighted by atomic mass is 19.1. The summed E-state index contributed by atoms with van der Waals surface area (Å²) < 4.78 is 27.1. The molecule has 1 aromatic heterocycles. The molecule has 0 radical (unpaired) electrons. The number of nitrogens with zero attached hydrogens (tertiary/aromatic N) is 3. The summed E-state index contributed by atoms with van der Waals surface area (Å²) in [7, 11) is 0. The van der Waals surface area contributed by atoms with Crippen LogP contribution in [0.25, 0.3) is 5.69 Å². The van der Waals surface area contributed by atoms with Gasteiger partial charge in [-0.05, 0) is 38.8 Å². The first-order valence-electron chi connectivity index (χ1n) is 9.85. The van der Waals surface area contributed by atoms with Gasteiger partial charge >= 0.3 is 0 Å². The largest absolute Gasteiger partial charge is 0.381 e. The van der Waals surface area contributed by atoms with Crippen LogP contribution in [0.1, 0.15) is 35.8 Å². The van der Waals surface area contributed by atoms with Crippen molar-refractivity contribution in [3.05, 3.63) is 47.0 Å². The predicted octanol–water partition coefficient (Wildman–Crippen LogP) is 2.95. The first-order chi connectivity index (χ1) is 13.6. The summed E-state index contributed by atoms with van der Waals surface area (Å²) in [5.74, 6) is -0.166. The molecule has 28 heavy (non-hydrogen) atoms. The molecule has 2 aromatic rings. The van der Waals surface area contributed by atoms with Crippen LogP contribution in [0.3, 0.4) is 0 Å². The van der Waals surface area contributed by atoms with Crippen LogP contribution in [0.5, 0.6) is 0 Å². The monoisotopic (exact) mass is 387 g/mol. The number of para-hydroxylation sites is 1. The molecule has 7 heteroatoms. The molecule has 2 aliphatic heterocycles. The van der Waals surface area contributed by atoms with E-state index in [1.54, 1.807) is 22.9 Å². The van der Waals surface area contributed by atoms with Crippen molar-refractivity contribution >= 4 is 5.91 Å². The Labute approximate surface area is 164 Å². The number of aromatic nitrogens is 2. The highest BCUT2D eigenvalue weighted by molar-refractivity contribution is 5.79. The van der Waals surface area contributed by atoms with Gasteiger partial charge in [0, 0.05) is 36.9 Å². The van der Waals surface area contributed by atoms with Gasteiger partial charge in [-0.25, -0.2) is 9.07 Å². The van der Waals surface area contributed by atoms with Gasteiger partial charge in [-0.1, -0.05) is 12.1 Å². The number of halogens is 1. The van der Waals surface area contributed by atoms with Crippen LogP contribution in [-0.4, -0.2) is 53.6 Å². The van der Waals surface area contributed by atoms with Gasteiger partial charge in [0.05, 0.1) is 24.9 Å². The van der Waals surface area contributed by atoms with Crippen molar-refractivity contribution in [2.75, 3.05) is 33.0 Å². The Morgan fingerprint density at radius 1 is 1.14 bits per heavy atom. The summed E-state index contributed by atoms with van der Waals surface area (Å²) >= 11 is 0. The summed E-state index contributed by atoms with van der Waals surface area (Å²) in [5.41, 5.74) is 2.99. The Balaban J connectivity index is 1.68. The molecule has 0 saturated carbocycles. The number of amides is 1. The quantitative estimate of drug-likeness (QED) is 0.813. The van der Waals surface area contributed by atoms with E-state index in [0.29, 0.717) is 38.7 Å². The van der Waals surface area contributed by atoms with Gasteiger partial charge in [0.2, 0.25) is 5.91 Å². The van der Waals surface area contributed by atoms with Crippen molar-refractivity contribution in [1.82, 2.24) is 14.7 Å². The SMILES string of the molecule is Cc1nn(-c2ccccc2F)c(C)c1[C@@H]1COCCN1C(=O)C1CCOCC1. The molecule has 1 aromatic carbocycles. The zero-order valence-corrected chi connectivity index (χ0v) is 16.4. The Kier molecular flexibility index (Phi) is 5.46. The van der Waals surface area contributed by atoms with Gasteiger partial charge in [-0.3, -0.25) is 4.79 Å². The lowest BCUT2D eigenvalue weighted by Gasteiger charge is -2.38. The van der Waals surface area contributed by atoms with E-state index in [9.17, 15) is 9.18 Å². The number of carbonyl (C=O) groups is 1. The van der Waals surface area contributed by atoms with Crippen molar-refractivity contribution in [1.29, 1.82) is 0 Å². The molecule has 0 aliphatic carbocycles. The van der Waals surface area contributed by atoms with Crippen LogP contribution in [0.2, 0.25) is 0 Å². The average Bonchev–Trinajstić information content (AvgIpc) is 3.02. The molecular weight excluding hydrogens is 361 g/mol. The summed E-state index contributed by atoms with van der Waals surface area (Å²) in [4.78, 5) is 15.2. The Hall–Kier alpha value is -2.25. The van der Waals surface area contributed by atoms with Gasteiger partial charge in [0.1, 0.15) is 11.5 Å². The Morgan fingerprint density at radius 3 is 2.64 bits per heavy atom. The van der Waals surface area contributed by atoms with Gasteiger partial charge in [-0.2, -0.15) is 5.10 Å². The minimum atomic E-state index is -0.324. The van der Waals surface area contributed by atoms with Crippen molar-refractivity contribution in [3.8, 4) is 5.69 Å². The molecule has 0 unspecified atom stereocenters. The van der Waals surface area contributed by atoms with Crippen LogP contribution < -0.4 is 0 Å². The van der Waals surface area contributed by atoms with E-state index in [2.05, 4.69) is 5.10 Å². The number of hydrogen-bond donors (Lipinski definition) is 0. The van der Waals surface area contributed by atoms with Crippen LogP contribution in [0, 0.1) is 25.6 Å². The second kappa shape index (κ2) is 8.01. The molecule has 0 spiro atoms. The van der Waals surface area contributed by atoms with E-state index in [0.717, 1.165) is 29.8 Å². The van der Waals surface area contributed by atoms with E-state index in [1.807, 2.05) is 18.7 Å². The molecule has 2 fully saturated rings. The molecular formula is C21H26FN3O3. The molecule has 2 saturated heterocycles. The summed E-state index contributed by atoms with van der Waals surface area (Å²) in [6, 6.07) is 6.38. The van der Waals surface area contributed by atoms with Crippen LogP contribution >= 0.6 is 0 Å². The molecule has 1 atom stereocenters. The van der Waals surface area contributed by atoms with E-state index < -0.39 is 0 Å². The second-order valence-corrected chi connectivity index (χ2v) is 7.46. The minimum Gasteiger partial charge on any atom is -0.381 e. The number of benzene rings is 1. The first kappa shape index (κ1) is 19.1. The molecule has 150 valence electrons. The fraction of sp³-hybridized carbons (Fsp3) is 0.524. The lowest BCUT2D eigenvalue weighted by molar-refractivity contribution is -0.147. The Bertz CT molecular complexity index is 861. The molecule has 1 amide bonds. The molecule has 0 bridgehead atoms. The number of rotatable bonds is 3. The highest BCUT2D eigenvalue weighted by Crippen LogP contribution is 2.33. The van der Waals surface area contributed by atoms with Gasteiger partial charge in [-0.15, -0.1) is 0 Å². The zero-order valence-electron chi connectivity index (χ0n) is 16.4. The molecule has 0 N–H and O–H groups in total. The molecule has 3 heterocycles. The highest BCUT2D eigenvalue weighted by Gasteiger charge is 2.36. The fourth-order valence-corrected chi connectivity index (χ4v) is 4.28. The van der Waals surface area contributed by atoms with Gasteiger partial charge < -0.3 is 14.4 Å². The average molecular weight is 387 g/mol. The zero-order chi connectivity index (χ0) is 19.7. The van der Waals surface area contributed by atoms with Crippen LogP contribution in [0.4, 0.5) is 4.39 Å². The molecule has 4 rings (SSSR count). The lowest BCUT2D eigenvalue weighted by Crippen LogP contribution is -2.47. The van der Waals surface area contributed by atoms with Gasteiger partial charge in [0.25, 0.3) is 0 Å². The summed E-state index contributed by atoms with van der Waals surface area (Å²) in [6.45, 7) is 6.62. The predicted molar refractivity (Wildman–Crippen MR) is 102 cm³/mol. The number of carbonyl (C=O) groups excluding carboxylic acids is 1. The van der Waals surface area contributed by atoms with E-state index >= 15 is 0 Å². The van der Waals surface area contributed by atoms with Crippen molar-refractivity contribution in [2.45, 2.75) is 32.7 Å². The van der Waals surface area contributed by atoms with Crippen LogP contribution in [0.15, 0.2) is 24.3 Å². The van der Waals surface area contributed by atoms with E-state index in [1.165, 1.54) is 6.07 Å². The maximum atomic E-state index is 14.3. The van der Waals surface area contributed by atoms with Gasteiger partial charge in [0.15, 0.2) is 0 Å². The fourth-order valence-electron chi connectivity index (χ4n) is 4.28. The lowest BCUT2D eigenvalue weighted by atomic mass is 9.95. The third-order valence-corrected chi connectivity index (χ3v) is 5.74. The minimum absolute atomic E-state index is 0.00317. The summed E-state index contributed by atoms with van der Waals surface area (Å²) in [5, 5.41) is 4.59. The first-order valence-corrected chi connectivity index (χ1v) is 9.85. The second-order valence-electron chi connectivity index (χ2n) is 7.46. The smallest absolute Gasteiger partial charge is 0.226 e. The summed E-state index contributed by atoms with van der Waals surface area (Å²) in [6.07, 6.45) is 1.52. The normalized spacial score (nSPS) is 21.1. The van der Waals surface area contributed by atoms with E-state index in [4.69, 9.17) is 9.47 Å². The third kappa shape index (κ3) is 3.44. The number of morpholine rings is 1. The van der Waals surface area contributed by atoms with Crippen molar-refractivity contribution in [2.24, 2.45) is 5.92 Å². The number of aryl methyl sites for hydroxylation is 1. The topological polar surface area (TPSA) is 56.6 Å². The maximum absolute atomic E-state index is 14.3. The van der Waals surface area contributed by atoms with Crippen molar-refractivity contribution < 1.29 is 18.7 Å². The molecule has 6 nitrogen and oxygen atoms in total. The number of ether oxygens (including phenoxy) is 2. The Morgan fingerprint density at radius 2 is 1.89 bits per heavy atom. The molecule has 2 aliphatic rings. The maximum Gasteiger partial charge on any atom is 0.226 e. The van der Waals surface area contributed by atoms with Crippen LogP contribution in [-0.2, 0) is 14.3 Å². The van der Waals surface area contributed by atoms with Crippen molar-refractivity contribution in [3.63, 3.8) is 0 Å². The van der Waals surface area contributed by atoms with E-state index in [-0.39, 0.29) is 23.7 Å². The standard InChI is InChI=1S/C21H26FN3O3/c1-14-20(15(2)25(23-14)18-6-4-3-5-17(18)22)19-13-28-12-9-24(19)21(26)16-7-10-27-11-8-16/h3-6,16,19H,7-13H2,1-2H3/t19-/m0/s1. The third-order valence-electron chi connectivity index (χ3n) is 5.74. The number of hydrogen-bond acceptors (Lipinski definition) is 4.